The van der Waals surface area contributed by atoms with Crippen LogP contribution in [-0.4, -0.2) is 39.3 Å². The van der Waals surface area contributed by atoms with Gasteiger partial charge in [-0.2, -0.15) is 0 Å². The predicted molar refractivity (Wildman–Crippen MR) is 121 cm³/mol. The van der Waals surface area contributed by atoms with Gasteiger partial charge in [0, 0.05) is 6.20 Å². The van der Waals surface area contributed by atoms with Crippen molar-refractivity contribution in [2.24, 2.45) is 0 Å². The highest BCUT2D eigenvalue weighted by atomic mass is 19.1. The number of imidazole rings is 1. The molecule has 1 aliphatic rings. The molecule has 0 spiro atoms. The van der Waals surface area contributed by atoms with Crippen LogP contribution >= 0.6 is 0 Å². The standard InChI is InChI=1S/C24H22FN5O3/c1-14-12-29(13-27-14)20-9-4-16(11-21(20)33-3)10-19-22(26)30(24(32)28-23(19)31)15(2)17-5-7-18(25)8-6-17/h4-13,15,26H,1-3H3,(H,28,31,32). The molecule has 168 valence electrons. The fourth-order valence-corrected chi connectivity index (χ4v) is 3.67. The maximum absolute atomic E-state index is 13.3. The molecular weight excluding hydrogens is 425 g/mol. The average molecular weight is 447 g/mol. The topological polar surface area (TPSA) is 100 Å². The smallest absolute Gasteiger partial charge is 0.330 e. The van der Waals surface area contributed by atoms with Crippen molar-refractivity contribution in [1.29, 1.82) is 5.41 Å². The summed E-state index contributed by atoms with van der Waals surface area (Å²) in [7, 11) is 1.54. The average Bonchev–Trinajstić information content (AvgIpc) is 3.22. The number of amides is 3. The molecule has 1 atom stereocenters. The van der Waals surface area contributed by atoms with E-state index in [1.807, 2.05) is 23.8 Å². The molecule has 1 aliphatic heterocycles. The van der Waals surface area contributed by atoms with E-state index in [0.717, 1.165) is 11.4 Å². The zero-order valence-corrected chi connectivity index (χ0v) is 18.3. The summed E-state index contributed by atoms with van der Waals surface area (Å²) < 4.78 is 20.6. The summed E-state index contributed by atoms with van der Waals surface area (Å²) in [5.74, 6) is -0.755. The molecule has 2 N–H and O–H groups in total. The van der Waals surface area contributed by atoms with Gasteiger partial charge in [0.05, 0.1) is 36.4 Å². The first-order valence-corrected chi connectivity index (χ1v) is 10.2. The molecule has 2 heterocycles. The van der Waals surface area contributed by atoms with Gasteiger partial charge in [-0.25, -0.2) is 14.2 Å². The third kappa shape index (κ3) is 4.25. The van der Waals surface area contributed by atoms with Crippen LogP contribution in [0.15, 0.2) is 60.6 Å². The number of methoxy groups -OCH3 is 1. The molecular formula is C24H22FN5O3. The Morgan fingerprint density at radius 1 is 1.18 bits per heavy atom. The van der Waals surface area contributed by atoms with E-state index in [1.54, 1.807) is 44.6 Å². The number of carbonyl (C=O) groups is 2. The largest absolute Gasteiger partial charge is 0.495 e. The van der Waals surface area contributed by atoms with Crippen LogP contribution in [0.1, 0.15) is 29.8 Å². The summed E-state index contributed by atoms with van der Waals surface area (Å²) in [4.78, 5) is 30.5. The predicted octanol–water partition coefficient (Wildman–Crippen LogP) is 4.00. The number of halogens is 1. The van der Waals surface area contributed by atoms with Gasteiger partial charge >= 0.3 is 6.03 Å². The van der Waals surface area contributed by atoms with Crippen molar-refractivity contribution in [2.75, 3.05) is 7.11 Å². The van der Waals surface area contributed by atoms with Crippen LogP contribution in [0.5, 0.6) is 5.75 Å². The molecule has 0 radical (unpaired) electrons. The van der Waals surface area contributed by atoms with Crippen molar-refractivity contribution in [2.45, 2.75) is 19.9 Å². The highest BCUT2D eigenvalue weighted by molar-refractivity contribution is 6.32. The number of aryl methyl sites for hydroxylation is 1. The number of hydrogen-bond acceptors (Lipinski definition) is 5. The molecule has 33 heavy (non-hydrogen) atoms. The fourth-order valence-electron chi connectivity index (χ4n) is 3.67. The van der Waals surface area contributed by atoms with E-state index in [4.69, 9.17) is 10.1 Å². The summed E-state index contributed by atoms with van der Waals surface area (Å²) >= 11 is 0. The zero-order chi connectivity index (χ0) is 23.7. The maximum atomic E-state index is 13.3. The minimum absolute atomic E-state index is 0.0249. The highest BCUT2D eigenvalue weighted by Gasteiger charge is 2.36. The molecule has 4 rings (SSSR count). The Hall–Kier alpha value is -4.27. The minimum atomic E-state index is -0.706. The Balaban J connectivity index is 1.68. The summed E-state index contributed by atoms with van der Waals surface area (Å²) in [6, 6.07) is 9.71. The number of urea groups is 1. The summed E-state index contributed by atoms with van der Waals surface area (Å²) in [6.07, 6.45) is 5.07. The number of benzene rings is 2. The molecule has 1 unspecified atom stereocenters. The lowest BCUT2D eigenvalue weighted by atomic mass is 10.0. The van der Waals surface area contributed by atoms with Gasteiger partial charge in [-0.15, -0.1) is 0 Å². The van der Waals surface area contributed by atoms with E-state index in [2.05, 4.69) is 10.3 Å². The summed E-state index contributed by atoms with van der Waals surface area (Å²) in [6.45, 7) is 3.59. The van der Waals surface area contributed by atoms with E-state index in [9.17, 15) is 14.0 Å². The second kappa shape index (κ2) is 8.70. The molecule has 2 aromatic carbocycles. The first kappa shape index (κ1) is 21.9. The first-order valence-electron chi connectivity index (χ1n) is 10.2. The number of aromatic nitrogens is 2. The van der Waals surface area contributed by atoms with Gasteiger partial charge in [0.1, 0.15) is 17.4 Å². The Morgan fingerprint density at radius 2 is 1.91 bits per heavy atom. The van der Waals surface area contributed by atoms with Crippen LogP contribution in [0.4, 0.5) is 9.18 Å². The van der Waals surface area contributed by atoms with Crippen molar-refractivity contribution < 1.29 is 18.7 Å². The quantitative estimate of drug-likeness (QED) is 0.578. The van der Waals surface area contributed by atoms with E-state index in [1.165, 1.54) is 23.1 Å². The molecule has 0 bridgehead atoms. The van der Waals surface area contributed by atoms with Crippen LogP contribution in [-0.2, 0) is 4.79 Å². The maximum Gasteiger partial charge on any atom is 0.330 e. The molecule has 1 aromatic heterocycles. The van der Waals surface area contributed by atoms with Gasteiger partial charge in [0.15, 0.2) is 0 Å². The Bertz CT molecular complexity index is 1280. The highest BCUT2D eigenvalue weighted by Crippen LogP contribution is 2.28. The number of ether oxygens (including phenoxy) is 1. The third-order valence-corrected chi connectivity index (χ3v) is 5.42. The normalized spacial score (nSPS) is 16.2. The molecule has 1 fully saturated rings. The number of imide groups is 1. The van der Waals surface area contributed by atoms with E-state index in [-0.39, 0.29) is 11.4 Å². The van der Waals surface area contributed by atoms with Gasteiger partial charge in [-0.3, -0.25) is 20.4 Å². The number of rotatable bonds is 5. The number of nitrogens with one attached hydrogen (secondary N) is 2. The second-order valence-corrected chi connectivity index (χ2v) is 7.62. The summed E-state index contributed by atoms with van der Waals surface area (Å²) in [5.41, 5.74) is 2.90. The number of amidine groups is 1. The molecule has 9 heteroatoms. The molecule has 3 amide bonds. The Kier molecular flexibility index (Phi) is 5.78. The Morgan fingerprint density at radius 3 is 2.55 bits per heavy atom. The van der Waals surface area contributed by atoms with E-state index < -0.39 is 23.8 Å². The van der Waals surface area contributed by atoms with Gasteiger partial charge in [0.2, 0.25) is 0 Å². The minimum Gasteiger partial charge on any atom is -0.495 e. The SMILES string of the molecule is COc1cc(C=C2C(=N)N(C(C)c3ccc(F)cc3)C(=O)NC2=O)ccc1-n1cnc(C)c1. The van der Waals surface area contributed by atoms with Crippen LogP contribution in [0.25, 0.3) is 11.8 Å². The number of carbonyl (C=O) groups excluding carboxylic acids is 2. The molecule has 8 nitrogen and oxygen atoms in total. The molecule has 3 aromatic rings. The van der Waals surface area contributed by atoms with Crippen LogP contribution in [0.3, 0.4) is 0 Å². The van der Waals surface area contributed by atoms with Crippen molar-refractivity contribution >= 4 is 23.8 Å². The monoisotopic (exact) mass is 447 g/mol. The first-order chi connectivity index (χ1) is 15.8. The van der Waals surface area contributed by atoms with E-state index in [0.29, 0.717) is 16.9 Å². The van der Waals surface area contributed by atoms with Crippen LogP contribution in [0, 0.1) is 18.2 Å². The lowest BCUT2D eigenvalue weighted by Gasteiger charge is -2.33. The number of hydrogen-bond donors (Lipinski definition) is 2. The van der Waals surface area contributed by atoms with Gasteiger partial charge in [-0.05, 0) is 55.3 Å². The van der Waals surface area contributed by atoms with Gasteiger partial charge in [0.25, 0.3) is 5.91 Å². The summed E-state index contributed by atoms with van der Waals surface area (Å²) in [5, 5.41) is 10.9. The Labute approximate surface area is 189 Å². The number of nitrogens with zero attached hydrogens (tertiary/aromatic N) is 3. The second-order valence-electron chi connectivity index (χ2n) is 7.62. The lowest BCUT2D eigenvalue weighted by Crippen LogP contribution is -2.54. The van der Waals surface area contributed by atoms with Gasteiger partial charge in [-0.1, -0.05) is 18.2 Å². The molecule has 1 saturated heterocycles. The van der Waals surface area contributed by atoms with Crippen molar-refractivity contribution in [3.63, 3.8) is 0 Å². The fraction of sp³-hybridized carbons (Fsp3) is 0.167. The van der Waals surface area contributed by atoms with Crippen molar-refractivity contribution in [1.82, 2.24) is 19.8 Å². The molecule has 0 saturated carbocycles. The third-order valence-electron chi connectivity index (χ3n) is 5.42. The van der Waals surface area contributed by atoms with Crippen LogP contribution < -0.4 is 10.1 Å². The molecule has 0 aliphatic carbocycles. The van der Waals surface area contributed by atoms with Crippen molar-refractivity contribution in [3.8, 4) is 11.4 Å². The lowest BCUT2D eigenvalue weighted by molar-refractivity contribution is -0.116. The van der Waals surface area contributed by atoms with Gasteiger partial charge < -0.3 is 9.30 Å². The zero-order valence-electron chi connectivity index (χ0n) is 18.3. The van der Waals surface area contributed by atoms with Crippen molar-refractivity contribution in [3.05, 3.63) is 83.2 Å². The van der Waals surface area contributed by atoms with Crippen LogP contribution in [0.2, 0.25) is 0 Å². The van der Waals surface area contributed by atoms with E-state index >= 15 is 0 Å².